The topological polar surface area (TPSA) is 37.3 Å². The lowest BCUT2D eigenvalue weighted by Crippen LogP contribution is -1.99. The van der Waals surface area contributed by atoms with Gasteiger partial charge in [0.2, 0.25) is 0 Å². The number of aromatic carboxylic acids is 1. The molecule has 0 aliphatic heterocycles. The Bertz CT molecular complexity index is 877. The zero-order valence-corrected chi connectivity index (χ0v) is 11.2. The van der Waals surface area contributed by atoms with Gasteiger partial charge in [0, 0.05) is 11.1 Å². The Morgan fingerprint density at radius 1 is 0.762 bits per heavy atom. The minimum absolute atomic E-state index is 0.227. The van der Waals surface area contributed by atoms with Crippen molar-refractivity contribution in [3.05, 3.63) is 83.4 Å². The second-order valence-electron chi connectivity index (χ2n) is 4.63. The normalized spacial score (nSPS) is 9.90. The van der Waals surface area contributed by atoms with Gasteiger partial charge in [-0.15, -0.1) is 0 Å². The van der Waals surface area contributed by atoms with Gasteiger partial charge in [0.05, 0.1) is 5.56 Å². The lowest BCUT2D eigenvalue weighted by atomic mass is 10.0. The molecule has 0 fully saturated rings. The molecule has 0 radical (unpaired) electrons. The number of carboxylic acids is 1. The highest BCUT2D eigenvalue weighted by atomic mass is 16.4. The van der Waals surface area contributed by atoms with E-state index in [4.69, 9.17) is 5.11 Å². The van der Waals surface area contributed by atoms with Crippen LogP contribution in [0.15, 0.2) is 66.7 Å². The zero-order valence-electron chi connectivity index (χ0n) is 11.2. The van der Waals surface area contributed by atoms with E-state index in [1.54, 1.807) is 24.3 Å². The van der Waals surface area contributed by atoms with Gasteiger partial charge in [0.15, 0.2) is 0 Å². The predicted octanol–water partition coefficient (Wildman–Crippen LogP) is 3.94. The third kappa shape index (κ3) is 2.63. The van der Waals surface area contributed by atoms with E-state index in [9.17, 15) is 4.79 Å². The number of carboxylic acid groups (broad SMARTS) is 1. The van der Waals surface area contributed by atoms with Crippen LogP contribution in [-0.2, 0) is 0 Å². The third-order valence-electron chi connectivity index (χ3n) is 3.28. The summed E-state index contributed by atoms with van der Waals surface area (Å²) >= 11 is 0. The molecule has 0 spiro atoms. The molecule has 0 bridgehead atoms. The van der Waals surface area contributed by atoms with Crippen LogP contribution in [0.1, 0.15) is 21.5 Å². The van der Waals surface area contributed by atoms with Crippen LogP contribution < -0.4 is 0 Å². The molecule has 3 aromatic carbocycles. The van der Waals surface area contributed by atoms with Crippen LogP contribution in [-0.4, -0.2) is 11.1 Å². The Morgan fingerprint density at radius 2 is 1.38 bits per heavy atom. The summed E-state index contributed by atoms with van der Waals surface area (Å²) in [6.07, 6.45) is 0. The molecule has 2 nitrogen and oxygen atoms in total. The van der Waals surface area contributed by atoms with Crippen molar-refractivity contribution < 1.29 is 9.90 Å². The maximum atomic E-state index is 11.2. The van der Waals surface area contributed by atoms with Gasteiger partial charge in [-0.1, -0.05) is 60.4 Å². The number of rotatable bonds is 1. The predicted molar refractivity (Wildman–Crippen MR) is 83.3 cm³/mol. The van der Waals surface area contributed by atoms with Crippen LogP contribution >= 0.6 is 0 Å². The quantitative estimate of drug-likeness (QED) is 0.681. The number of carbonyl (C=O) groups is 1. The molecule has 0 heterocycles. The monoisotopic (exact) mass is 272 g/mol. The molecule has 3 rings (SSSR count). The van der Waals surface area contributed by atoms with Crippen LogP contribution in [0.5, 0.6) is 0 Å². The molecule has 0 unspecified atom stereocenters. The van der Waals surface area contributed by atoms with Gasteiger partial charge in [0.25, 0.3) is 0 Å². The van der Waals surface area contributed by atoms with E-state index in [0.29, 0.717) is 5.56 Å². The lowest BCUT2D eigenvalue weighted by Gasteiger charge is -2.00. The van der Waals surface area contributed by atoms with E-state index >= 15 is 0 Å². The summed E-state index contributed by atoms with van der Waals surface area (Å²) in [6.45, 7) is 0. The molecule has 3 aromatic rings. The fraction of sp³-hybridized carbons (Fsp3) is 0. The maximum Gasteiger partial charge on any atom is 0.336 e. The van der Waals surface area contributed by atoms with Crippen LogP contribution in [0.3, 0.4) is 0 Å². The number of fused-ring (bicyclic) bond motifs is 1. The molecule has 100 valence electrons. The third-order valence-corrected chi connectivity index (χ3v) is 3.28. The Morgan fingerprint density at radius 3 is 2.24 bits per heavy atom. The van der Waals surface area contributed by atoms with E-state index in [0.717, 1.165) is 16.3 Å². The molecule has 0 amide bonds. The van der Waals surface area contributed by atoms with Crippen molar-refractivity contribution in [3.8, 4) is 11.8 Å². The lowest BCUT2D eigenvalue weighted by molar-refractivity contribution is 0.0696. The summed E-state index contributed by atoms with van der Waals surface area (Å²) < 4.78 is 0. The Balaban J connectivity index is 2.11. The van der Waals surface area contributed by atoms with Crippen LogP contribution in [0.25, 0.3) is 10.8 Å². The Labute approximate surface area is 122 Å². The smallest absolute Gasteiger partial charge is 0.336 e. The Hall–Kier alpha value is -3.05. The first-order valence-electron chi connectivity index (χ1n) is 6.58. The van der Waals surface area contributed by atoms with Gasteiger partial charge in [-0.3, -0.25) is 0 Å². The maximum absolute atomic E-state index is 11.2. The Kier molecular flexibility index (Phi) is 3.41. The summed E-state index contributed by atoms with van der Waals surface area (Å²) in [5, 5.41) is 11.4. The molecule has 0 saturated carbocycles. The first kappa shape index (κ1) is 13.0. The average molecular weight is 272 g/mol. The summed E-state index contributed by atoms with van der Waals surface area (Å²) in [6, 6.07) is 20.7. The standard InChI is InChI=1S/C19H12O2/c20-19(21)18-11-4-2-7-16(18)13-12-15-9-5-8-14-6-1-3-10-17(14)15/h1-11H,(H,20,21). The van der Waals surface area contributed by atoms with E-state index in [-0.39, 0.29) is 5.56 Å². The minimum atomic E-state index is -0.960. The largest absolute Gasteiger partial charge is 0.478 e. The highest BCUT2D eigenvalue weighted by Crippen LogP contribution is 2.17. The molecular formula is C19H12O2. The second-order valence-corrected chi connectivity index (χ2v) is 4.63. The SMILES string of the molecule is O=C(O)c1ccccc1C#Cc1cccc2ccccc12. The molecule has 0 aliphatic rings. The highest BCUT2D eigenvalue weighted by Gasteiger charge is 2.06. The number of benzene rings is 3. The van der Waals surface area contributed by atoms with E-state index in [1.165, 1.54) is 0 Å². The molecule has 0 aromatic heterocycles. The average Bonchev–Trinajstić information content (AvgIpc) is 2.53. The number of hydrogen-bond donors (Lipinski definition) is 1. The van der Waals surface area contributed by atoms with Crippen molar-refractivity contribution in [1.82, 2.24) is 0 Å². The van der Waals surface area contributed by atoms with Crippen molar-refractivity contribution in [2.45, 2.75) is 0 Å². The van der Waals surface area contributed by atoms with Crippen molar-refractivity contribution in [1.29, 1.82) is 0 Å². The zero-order chi connectivity index (χ0) is 14.7. The van der Waals surface area contributed by atoms with Gasteiger partial charge in [0.1, 0.15) is 0 Å². The molecular weight excluding hydrogens is 260 g/mol. The molecule has 1 N–H and O–H groups in total. The first-order chi connectivity index (χ1) is 10.3. The van der Waals surface area contributed by atoms with Gasteiger partial charge in [-0.2, -0.15) is 0 Å². The van der Waals surface area contributed by atoms with Gasteiger partial charge in [-0.05, 0) is 29.0 Å². The van der Waals surface area contributed by atoms with Crippen LogP contribution in [0.2, 0.25) is 0 Å². The van der Waals surface area contributed by atoms with Crippen LogP contribution in [0, 0.1) is 11.8 Å². The minimum Gasteiger partial charge on any atom is -0.478 e. The van der Waals surface area contributed by atoms with E-state index < -0.39 is 5.97 Å². The van der Waals surface area contributed by atoms with Crippen molar-refractivity contribution in [3.63, 3.8) is 0 Å². The summed E-state index contributed by atoms with van der Waals surface area (Å²) in [4.78, 5) is 11.2. The highest BCUT2D eigenvalue weighted by molar-refractivity contribution is 5.91. The molecule has 21 heavy (non-hydrogen) atoms. The van der Waals surface area contributed by atoms with E-state index in [1.807, 2.05) is 42.5 Å². The molecule has 0 aliphatic carbocycles. The molecule has 0 atom stereocenters. The van der Waals surface area contributed by atoms with Crippen molar-refractivity contribution in [2.24, 2.45) is 0 Å². The van der Waals surface area contributed by atoms with Gasteiger partial charge >= 0.3 is 5.97 Å². The summed E-state index contributed by atoms with van der Waals surface area (Å²) in [5.41, 5.74) is 1.65. The fourth-order valence-electron chi connectivity index (χ4n) is 2.25. The van der Waals surface area contributed by atoms with Gasteiger partial charge < -0.3 is 5.11 Å². The fourth-order valence-corrected chi connectivity index (χ4v) is 2.25. The summed E-state index contributed by atoms with van der Waals surface area (Å²) in [7, 11) is 0. The molecule has 2 heteroatoms. The van der Waals surface area contributed by atoms with Gasteiger partial charge in [-0.25, -0.2) is 4.79 Å². The molecule has 0 saturated heterocycles. The summed E-state index contributed by atoms with van der Waals surface area (Å²) in [5.74, 6) is 5.10. The van der Waals surface area contributed by atoms with Crippen molar-refractivity contribution >= 4 is 16.7 Å². The second kappa shape index (κ2) is 5.52. The van der Waals surface area contributed by atoms with E-state index in [2.05, 4.69) is 11.8 Å². The number of hydrogen-bond acceptors (Lipinski definition) is 1. The van der Waals surface area contributed by atoms with Crippen molar-refractivity contribution in [2.75, 3.05) is 0 Å². The first-order valence-corrected chi connectivity index (χ1v) is 6.58. The van der Waals surface area contributed by atoms with Crippen LogP contribution in [0.4, 0.5) is 0 Å².